The van der Waals surface area contributed by atoms with Crippen LogP contribution in [0.15, 0.2) is 12.4 Å². The highest BCUT2D eigenvalue weighted by molar-refractivity contribution is 4.98. The molecule has 0 aromatic carbocycles. The van der Waals surface area contributed by atoms with Crippen molar-refractivity contribution in [1.29, 1.82) is 0 Å². The zero-order valence-electron chi connectivity index (χ0n) is 12.6. The first-order chi connectivity index (χ1) is 9.24. The van der Waals surface area contributed by atoms with Crippen LogP contribution in [0.25, 0.3) is 0 Å². The number of nitrogens with zero attached hydrogens (tertiary/aromatic N) is 2. The highest BCUT2D eigenvalue weighted by atomic mass is 15.3. The van der Waals surface area contributed by atoms with Crippen LogP contribution in [0.5, 0.6) is 0 Å². The highest BCUT2D eigenvalue weighted by Crippen LogP contribution is 2.23. The van der Waals surface area contributed by atoms with Gasteiger partial charge in [0.05, 0.1) is 5.82 Å². The summed E-state index contributed by atoms with van der Waals surface area (Å²) in [5.41, 5.74) is 0. The van der Waals surface area contributed by atoms with E-state index in [4.69, 9.17) is 0 Å². The summed E-state index contributed by atoms with van der Waals surface area (Å²) in [6.45, 7) is 10.2. The molecular formula is C15H30N4. The SMILES string of the molecule is C=C(N1CCC(CNC)CC1)N1CCC(NC)CC1. The minimum atomic E-state index is 0.699. The van der Waals surface area contributed by atoms with Gasteiger partial charge in [-0.2, -0.15) is 0 Å². The zero-order chi connectivity index (χ0) is 13.7. The van der Waals surface area contributed by atoms with Crippen molar-refractivity contribution in [3.05, 3.63) is 12.4 Å². The Balaban J connectivity index is 1.75. The lowest BCUT2D eigenvalue weighted by Crippen LogP contribution is -2.46. The van der Waals surface area contributed by atoms with Crippen molar-refractivity contribution in [2.75, 3.05) is 46.8 Å². The summed E-state index contributed by atoms with van der Waals surface area (Å²) < 4.78 is 0. The second kappa shape index (κ2) is 7.15. The molecule has 110 valence electrons. The molecule has 2 saturated heterocycles. The van der Waals surface area contributed by atoms with Crippen LogP contribution in [-0.4, -0.2) is 62.7 Å². The van der Waals surface area contributed by atoms with E-state index in [1.165, 1.54) is 44.6 Å². The number of rotatable bonds is 5. The van der Waals surface area contributed by atoms with E-state index >= 15 is 0 Å². The quantitative estimate of drug-likeness (QED) is 0.779. The van der Waals surface area contributed by atoms with Crippen LogP contribution in [0.1, 0.15) is 25.7 Å². The van der Waals surface area contributed by atoms with Crippen molar-refractivity contribution in [2.45, 2.75) is 31.7 Å². The number of hydrogen-bond acceptors (Lipinski definition) is 4. The van der Waals surface area contributed by atoms with E-state index in [2.05, 4.69) is 41.1 Å². The predicted molar refractivity (Wildman–Crippen MR) is 81.0 cm³/mol. The monoisotopic (exact) mass is 266 g/mol. The van der Waals surface area contributed by atoms with Gasteiger partial charge in [-0.15, -0.1) is 0 Å². The van der Waals surface area contributed by atoms with Crippen molar-refractivity contribution < 1.29 is 0 Å². The van der Waals surface area contributed by atoms with Gasteiger partial charge in [0.25, 0.3) is 0 Å². The Morgan fingerprint density at radius 3 is 2.00 bits per heavy atom. The van der Waals surface area contributed by atoms with Gasteiger partial charge in [-0.05, 0) is 52.2 Å². The summed E-state index contributed by atoms with van der Waals surface area (Å²) in [5.74, 6) is 2.11. The van der Waals surface area contributed by atoms with Crippen molar-refractivity contribution in [1.82, 2.24) is 20.4 Å². The topological polar surface area (TPSA) is 30.5 Å². The van der Waals surface area contributed by atoms with E-state index in [0.29, 0.717) is 6.04 Å². The minimum absolute atomic E-state index is 0.699. The Labute approximate surface area is 118 Å². The van der Waals surface area contributed by atoms with Crippen molar-refractivity contribution in [2.24, 2.45) is 5.92 Å². The fraction of sp³-hybridized carbons (Fsp3) is 0.867. The maximum atomic E-state index is 4.34. The second-order valence-electron chi connectivity index (χ2n) is 5.95. The fourth-order valence-electron chi connectivity index (χ4n) is 3.31. The molecule has 0 radical (unpaired) electrons. The fourth-order valence-corrected chi connectivity index (χ4v) is 3.31. The van der Waals surface area contributed by atoms with Crippen molar-refractivity contribution >= 4 is 0 Å². The van der Waals surface area contributed by atoms with Crippen LogP contribution < -0.4 is 10.6 Å². The summed E-state index contributed by atoms with van der Waals surface area (Å²) >= 11 is 0. The Kier molecular flexibility index (Phi) is 5.52. The third-order valence-electron chi connectivity index (χ3n) is 4.74. The second-order valence-corrected chi connectivity index (χ2v) is 5.95. The normalized spacial score (nSPS) is 22.8. The molecule has 0 amide bonds. The number of nitrogens with one attached hydrogen (secondary N) is 2. The summed E-state index contributed by atoms with van der Waals surface area (Å²) in [6, 6.07) is 0.699. The summed E-state index contributed by atoms with van der Waals surface area (Å²) in [7, 11) is 4.12. The minimum Gasteiger partial charge on any atom is -0.359 e. The molecule has 0 aromatic heterocycles. The smallest absolute Gasteiger partial charge is 0.0965 e. The van der Waals surface area contributed by atoms with Gasteiger partial charge >= 0.3 is 0 Å². The van der Waals surface area contributed by atoms with Gasteiger partial charge in [-0.25, -0.2) is 0 Å². The van der Waals surface area contributed by atoms with Crippen molar-refractivity contribution in [3.63, 3.8) is 0 Å². The van der Waals surface area contributed by atoms with Gasteiger partial charge in [0.15, 0.2) is 0 Å². The molecule has 0 unspecified atom stereocenters. The third-order valence-corrected chi connectivity index (χ3v) is 4.74. The van der Waals surface area contributed by atoms with E-state index in [1.54, 1.807) is 0 Å². The maximum Gasteiger partial charge on any atom is 0.0965 e. The van der Waals surface area contributed by atoms with E-state index in [9.17, 15) is 0 Å². The first kappa shape index (κ1) is 14.7. The van der Waals surface area contributed by atoms with Gasteiger partial charge in [0, 0.05) is 32.2 Å². The Hall–Kier alpha value is -0.740. The van der Waals surface area contributed by atoms with Gasteiger partial charge in [-0.1, -0.05) is 6.58 Å². The van der Waals surface area contributed by atoms with E-state index in [0.717, 1.165) is 25.6 Å². The number of hydrogen-bond donors (Lipinski definition) is 2. The van der Waals surface area contributed by atoms with Crippen LogP contribution >= 0.6 is 0 Å². The molecule has 2 aliphatic rings. The molecule has 0 spiro atoms. The Morgan fingerprint density at radius 2 is 1.53 bits per heavy atom. The molecule has 0 bridgehead atoms. The molecule has 2 rings (SSSR count). The summed E-state index contributed by atoms with van der Waals surface area (Å²) in [4.78, 5) is 4.97. The molecular weight excluding hydrogens is 236 g/mol. The lowest BCUT2D eigenvalue weighted by Gasteiger charge is -2.42. The summed E-state index contributed by atoms with van der Waals surface area (Å²) in [6.07, 6.45) is 5.08. The van der Waals surface area contributed by atoms with E-state index < -0.39 is 0 Å². The highest BCUT2D eigenvalue weighted by Gasteiger charge is 2.24. The Bertz CT molecular complexity index is 276. The van der Waals surface area contributed by atoms with Crippen LogP contribution in [0.2, 0.25) is 0 Å². The van der Waals surface area contributed by atoms with Gasteiger partial charge in [0.1, 0.15) is 0 Å². The molecule has 0 aromatic rings. The van der Waals surface area contributed by atoms with Crippen LogP contribution in [0.3, 0.4) is 0 Å². The van der Waals surface area contributed by atoms with Gasteiger partial charge in [-0.3, -0.25) is 0 Å². The molecule has 4 nitrogen and oxygen atoms in total. The van der Waals surface area contributed by atoms with Crippen LogP contribution in [-0.2, 0) is 0 Å². The van der Waals surface area contributed by atoms with E-state index in [-0.39, 0.29) is 0 Å². The molecule has 4 heteroatoms. The molecule has 2 aliphatic heterocycles. The standard InChI is InChI=1S/C15H30N4/c1-13(19-10-6-15(17-3)7-11-19)18-8-4-14(5-9-18)12-16-2/h14-17H,1,4-12H2,2-3H3. The number of likely N-dealkylation sites (tertiary alicyclic amines) is 2. The zero-order valence-corrected chi connectivity index (χ0v) is 12.6. The van der Waals surface area contributed by atoms with Crippen LogP contribution in [0.4, 0.5) is 0 Å². The van der Waals surface area contributed by atoms with Crippen LogP contribution in [0, 0.1) is 5.92 Å². The maximum absolute atomic E-state index is 4.34. The molecule has 0 saturated carbocycles. The van der Waals surface area contributed by atoms with Gasteiger partial charge < -0.3 is 20.4 Å². The first-order valence-corrected chi connectivity index (χ1v) is 7.75. The molecule has 2 heterocycles. The average Bonchev–Trinajstić information content (AvgIpc) is 2.48. The summed E-state index contributed by atoms with van der Waals surface area (Å²) in [5, 5.41) is 6.68. The predicted octanol–water partition coefficient (Wildman–Crippen LogP) is 1.07. The lowest BCUT2D eigenvalue weighted by atomic mass is 9.96. The van der Waals surface area contributed by atoms with Gasteiger partial charge in [0.2, 0.25) is 0 Å². The van der Waals surface area contributed by atoms with Crippen molar-refractivity contribution in [3.8, 4) is 0 Å². The third kappa shape index (κ3) is 3.86. The lowest BCUT2D eigenvalue weighted by molar-refractivity contribution is 0.138. The molecule has 0 atom stereocenters. The molecule has 19 heavy (non-hydrogen) atoms. The molecule has 2 fully saturated rings. The largest absolute Gasteiger partial charge is 0.359 e. The first-order valence-electron chi connectivity index (χ1n) is 7.75. The molecule has 0 aliphatic carbocycles. The molecule has 2 N–H and O–H groups in total. The number of piperidine rings is 2. The average molecular weight is 266 g/mol. The Morgan fingerprint density at radius 1 is 1.00 bits per heavy atom. The van der Waals surface area contributed by atoms with E-state index in [1.807, 2.05) is 0 Å².